The number of para-hydroxylation sites is 3. The van der Waals surface area contributed by atoms with E-state index >= 15 is 0 Å². The molecule has 0 amide bonds. The van der Waals surface area contributed by atoms with Crippen LogP contribution in [0.3, 0.4) is 0 Å². The van der Waals surface area contributed by atoms with Crippen LogP contribution < -0.4 is 4.90 Å². The lowest BCUT2D eigenvalue weighted by atomic mass is 9.84. The molecule has 0 bridgehead atoms. The molecule has 1 aromatic heterocycles. The van der Waals surface area contributed by atoms with Crippen molar-refractivity contribution in [3.8, 4) is 16.8 Å². The third kappa shape index (κ3) is 4.10. The number of benzene rings is 6. The monoisotopic (exact) mass is 576 g/mol. The topological polar surface area (TPSA) is 8.17 Å². The maximum absolute atomic E-state index is 2.52. The molecular formula is C43H32N2. The summed E-state index contributed by atoms with van der Waals surface area (Å²) in [5.74, 6) is 0.253. The minimum Gasteiger partial charge on any atom is -0.333 e. The van der Waals surface area contributed by atoms with Gasteiger partial charge in [-0.3, -0.25) is 0 Å². The molecule has 6 aromatic carbocycles. The second-order valence-corrected chi connectivity index (χ2v) is 12.2. The van der Waals surface area contributed by atoms with Gasteiger partial charge in [0.15, 0.2) is 0 Å². The number of aromatic nitrogens is 1. The summed E-state index contributed by atoms with van der Waals surface area (Å²) in [5, 5.41) is 2.55. The SMILES string of the molecule is Cc1ccccc1C1=CC2c3cc(-c4ccc5c(c4)c4ccccc4n5-c4ccccc4)ccc3N(c3ccccc3)C2C=C1. The summed E-state index contributed by atoms with van der Waals surface area (Å²) in [6.07, 6.45) is 7.22. The number of allylic oxidation sites excluding steroid dienone is 2. The van der Waals surface area contributed by atoms with E-state index in [1.165, 1.54) is 72.3 Å². The number of nitrogens with zero attached hydrogens (tertiary/aromatic N) is 2. The first kappa shape index (κ1) is 25.9. The van der Waals surface area contributed by atoms with Crippen molar-refractivity contribution in [2.45, 2.75) is 18.9 Å². The largest absolute Gasteiger partial charge is 0.333 e. The fourth-order valence-electron chi connectivity index (χ4n) is 7.55. The zero-order valence-electron chi connectivity index (χ0n) is 25.1. The van der Waals surface area contributed by atoms with Gasteiger partial charge in [-0.25, -0.2) is 0 Å². The van der Waals surface area contributed by atoms with Crippen LogP contribution in [0.5, 0.6) is 0 Å². The van der Waals surface area contributed by atoms with E-state index in [-0.39, 0.29) is 12.0 Å². The normalized spacial score (nSPS) is 17.0. The zero-order valence-corrected chi connectivity index (χ0v) is 25.1. The van der Waals surface area contributed by atoms with E-state index < -0.39 is 0 Å². The molecule has 214 valence electrons. The Hall–Kier alpha value is -5.60. The van der Waals surface area contributed by atoms with Gasteiger partial charge >= 0.3 is 0 Å². The van der Waals surface area contributed by atoms with E-state index in [0.29, 0.717) is 0 Å². The number of aryl methyl sites for hydroxylation is 1. The first-order chi connectivity index (χ1) is 22.2. The maximum Gasteiger partial charge on any atom is 0.0630 e. The van der Waals surface area contributed by atoms with Gasteiger partial charge in [0.05, 0.1) is 17.1 Å². The number of rotatable bonds is 4. The summed E-state index contributed by atoms with van der Waals surface area (Å²) < 4.78 is 2.38. The highest BCUT2D eigenvalue weighted by atomic mass is 15.2. The molecular weight excluding hydrogens is 544 g/mol. The molecule has 1 aliphatic carbocycles. The molecule has 2 atom stereocenters. The van der Waals surface area contributed by atoms with Crippen LogP contribution in [0.4, 0.5) is 11.4 Å². The van der Waals surface area contributed by atoms with E-state index in [1.807, 2.05) is 0 Å². The molecule has 0 N–H and O–H groups in total. The van der Waals surface area contributed by atoms with E-state index in [1.54, 1.807) is 0 Å². The highest BCUT2D eigenvalue weighted by molar-refractivity contribution is 6.10. The van der Waals surface area contributed by atoms with Gasteiger partial charge in [-0.05, 0) is 94.9 Å². The van der Waals surface area contributed by atoms with Crippen LogP contribution in [0.15, 0.2) is 164 Å². The Bertz CT molecular complexity index is 2290. The lowest BCUT2D eigenvalue weighted by molar-refractivity contribution is 0.747. The third-order valence-corrected chi connectivity index (χ3v) is 9.66. The predicted molar refractivity (Wildman–Crippen MR) is 190 cm³/mol. The Kier molecular flexibility index (Phi) is 5.89. The summed E-state index contributed by atoms with van der Waals surface area (Å²) in [7, 11) is 0. The predicted octanol–water partition coefficient (Wildman–Crippen LogP) is 11.0. The minimum absolute atomic E-state index is 0.233. The van der Waals surface area contributed by atoms with Gasteiger partial charge in [0.25, 0.3) is 0 Å². The second kappa shape index (κ2) is 10.2. The molecule has 0 saturated carbocycles. The molecule has 2 unspecified atom stereocenters. The first-order valence-electron chi connectivity index (χ1n) is 15.8. The average Bonchev–Trinajstić information content (AvgIpc) is 3.61. The number of hydrogen-bond donors (Lipinski definition) is 0. The van der Waals surface area contributed by atoms with Gasteiger partial charge < -0.3 is 9.47 Å². The van der Waals surface area contributed by atoms with Crippen molar-refractivity contribution in [1.82, 2.24) is 4.57 Å². The van der Waals surface area contributed by atoms with Crippen LogP contribution in [-0.2, 0) is 0 Å². The highest BCUT2D eigenvalue weighted by Gasteiger charge is 2.38. The standard InChI is InChI=1S/C43H32N2/c1-29-12-8-9-17-35(29)32-22-25-43-39(28-32)38-27-31(21-24-42(38)45(43)34-15-6-3-7-16-34)30-20-23-41-37(26-30)36-18-10-11-19-40(36)44(41)33-13-4-2-5-14-33/h2-28,39,43H,1H3. The molecule has 45 heavy (non-hydrogen) atoms. The smallest absolute Gasteiger partial charge is 0.0630 e. The van der Waals surface area contributed by atoms with Crippen LogP contribution in [0.25, 0.3) is 44.2 Å². The Morgan fingerprint density at radius 3 is 2.04 bits per heavy atom. The lowest BCUT2D eigenvalue weighted by Crippen LogP contribution is -2.28. The third-order valence-electron chi connectivity index (χ3n) is 9.66. The van der Waals surface area contributed by atoms with Crippen molar-refractivity contribution in [3.05, 3.63) is 181 Å². The summed E-state index contributed by atoms with van der Waals surface area (Å²) in [6.45, 7) is 2.21. The van der Waals surface area contributed by atoms with Crippen LogP contribution in [0.2, 0.25) is 0 Å². The van der Waals surface area contributed by atoms with Crippen molar-refractivity contribution in [3.63, 3.8) is 0 Å². The van der Waals surface area contributed by atoms with Crippen LogP contribution >= 0.6 is 0 Å². The summed E-state index contributed by atoms with van der Waals surface area (Å²) in [6, 6.07) is 53.3. The fraction of sp³-hybridized carbons (Fsp3) is 0.0698. The average molecular weight is 577 g/mol. The van der Waals surface area contributed by atoms with Gasteiger partial charge in [-0.2, -0.15) is 0 Å². The summed E-state index contributed by atoms with van der Waals surface area (Å²) >= 11 is 0. The fourth-order valence-corrected chi connectivity index (χ4v) is 7.55. The highest BCUT2D eigenvalue weighted by Crippen LogP contribution is 2.50. The van der Waals surface area contributed by atoms with Crippen molar-refractivity contribution >= 4 is 38.8 Å². The molecule has 2 aliphatic rings. The van der Waals surface area contributed by atoms with Crippen molar-refractivity contribution < 1.29 is 0 Å². The molecule has 7 aromatic rings. The number of hydrogen-bond acceptors (Lipinski definition) is 1. The van der Waals surface area contributed by atoms with Gasteiger partial charge in [-0.15, -0.1) is 0 Å². The van der Waals surface area contributed by atoms with E-state index in [4.69, 9.17) is 0 Å². The van der Waals surface area contributed by atoms with Crippen LogP contribution in [0, 0.1) is 6.92 Å². The maximum atomic E-state index is 2.52. The lowest BCUT2D eigenvalue weighted by Gasteiger charge is -2.30. The van der Waals surface area contributed by atoms with Crippen molar-refractivity contribution in [2.24, 2.45) is 0 Å². The van der Waals surface area contributed by atoms with Gasteiger partial charge in [0.2, 0.25) is 0 Å². The molecule has 1 aliphatic heterocycles. The van der Waals surface area contributed by atoms with Gasteiger partial charge in [0.1, 0.15) is 0 Å². The molecule has 2 heterocycles. The molecule has 2 heteroatoms. The second-order valence-electron chi connectivity index (χ2n) is 12.2. The molecule has 0 fully saturated rings. The van der Waals surface area contributed by atoms with Gasteiger partial charge in [-0.1, -0.05) is 109 Å². The van der Waals surface area contributed by atoms with E-state index in [2.05, 4.69) is 180 Å². The number of fused-ring (bicyclic) bond motifs is 6. The summed E-state index contributed by atoms with van der Waals surface area (Å²) in [4.78, 5) is 2.52. The van der Waals surface area contributed by atoms with E-state index in [0.717, 1.165) is 0 Å². The minimum atomic E-state index is 0.233. The van der Waals surface area contributed by atoms with Gasteiger partial charge in [0, 0.05) is 33.8 Å². The quantitative estimate of drug-likeness (QED) is 0.202. The molecule has 0 spiro atoms. The zero-order chi connectivity index (χ0) is 29.9. The Morgan fingerprint density at radius 1 is 0.556 bits per heavy atom. The van der Waals surface area contributed by atoms with Crippen LogP contribution in [0.1, 0.15) is 22.6 Å². The number of anilines is 2. The van der Waals surface area contributed by atoms with Crippen molar-refractivity contribution in [1.29, 1.82) is 0 Å². The molecule has 2 nitrogen and oxygen atoms in total. The molecule has 0 saturated heterocycles. The molecule has 9 rings (SSSR count). The summed E-state index contributed by atoms with van der Waals surface area (Å²) in [5.41, 5.74) is 13.9. The molecule has 0 radical (unpaired) electrons. The van der Waals surface area contributed by atoms with Crippen LogP contribution in [-0.4, -0.2) is 10.6 Å². The van der Waals surface area contributed by atoms with Crippen molar-refractivity contribution in [2.75, 3.05) is 4.90 Å². The Morgan fingerprint density at radius 2 is 1.22 bits per heavy atom. The van der Waals surface area contributed by atoms with E-state index in [9.17, 15) is 0 Å². The Labute approximate surface area is 263 Å². The first-order valence-corrected chi connectivity index (χ1v) is 15.8. The Balaban J connectivity index is 1.20.